The Kier molecular flexibility index (Phi) is 5.51. The molecule has 1 N–H and O–H groups in total. The number of urea groups is 1. The molecule has 0 atom stereocenters. The molecular formula is C17H19FN2O5. The fourth-order valence-corrected chi connectivity index (χ4v) is 2.34. The number of imide groups is 1. The highest BCUT2D eigenvalue weighted by Crippen LogP contribution is 2.16. The van der Waals surface area contributed by atoms with Gasteiger partial charge >= 0.3 is 12.0 Å². The van der Waals surface area contributed by atoms with E-state index in [4.69, 9.17) is 4.74 Å². The van der Waals surface area contributed by atoms with Crippen LogP contribution >= 0.6 is 0 Å². The Morgan fingerprint density at radius 2 is 1.84 bits per heavy atom. The average molecular weight is 350 g/mol. The second-order valence-corrected chi connectivity index (χ2v) is 6.20. The van der Waals surface area contributed by atoms with Gasteiger partial charge in [0, 0.05) is 12.0 Å². The summed E-state index contributed by atoms with van der Waals surface area (Å²) < 4.78 is 17.7. The molecule has 25 heavy (non-hydrogen) atoms. The first kappa shape index (κ1) is 18.6. The van der Waals surface area contributed by atoms with Crippen molar-refractivity contribution in [1.82, 2.24) is 10.2 Å². The SMILES string of the molecule is CC1(C)NC(=O)N(CC(=O)OCCCC(=O)c2ccc(F)cc2)C1=O. The Labute approximate surface area is 144 Å². The maximum Gasteiger partial charge on any atom is 0.326 e. The highest BCUT2D eigenvalue weighted by atomic mass is 19.1. The van der Waals surface area contributed by atoms with Crippen LogP contribution in [0.25, 0.3) is 0 Å². The topological polar surface area (TPSA) is 92.8 Å². The van der Waals surface area contributed by atoms with Gasteiger partial charge in [0.2, 0.25) is 0 Å². The van der Waals surface area contributed by atoms with Gasteiger partial charge in [0.25, 0.3) is 5.91 Å². The fraction of sp³-hybridized carbons (Fsp3) is 0.412. The molecule has 0 saturated carbocycles. The van der Waals surface area contributed by atoms with Gasteiger partial charge < -0.3 is 10.1 Å². The van der Waals surface area contributed by atoms with Crippen LogP contribution in [0.5, 0.6) is 0 Å². The number of Topliss-reactive ketones (excluding diaryl/α,β-unsaturated/α-hetero) is 1. The van der Waals surface area contributed by atoms with E-state index in [1.807, 2.05) is 0 Å². The summed E-state index contributed by atoms with van der Waals surface area (Å²) in [4.78, 5) is 48.0. The standard InChI is InChI=1S/C17H19FN2O5/c1-17(2)15(23)20(16(24)19-17)10-14(22)25-9-3-4-13(21)11-5-7-12(18)8-6-11/h5-8H,3-4,9-10H2,1-2H3,(H,19,24). The number of esters is 1. The number of ketones is 1. The van der Waals surface area contributed by atoms with Crippen molar-refractivity contribution in [3.05, 3.63) is 35.6 Å². The third-order valence-electron chi connectivity index (χ3n) is 3.71. The molecule has 8 heteroatoms. The van der Waals surface area contributed by atoms with Gasteiger partial charge in [-0.05, 0) is 44.5 Å². The van der Waals surface area contributed by atoms with Crippen molar-refractivity contribution in [2.45, 2.75) is 32.2 Å². The van der Waals surface area contributed by atoms with Crippen LogP contribution in [0, 0.1) is 5.82 Å². The van der Waals surface area contributed by atoms with Gasteiger partial charge in [-0.15, -0.1) is 0 Å². The first-order valence-electron chi connectivity index (χ1n) is 7.79. The number of hydrogen-bond donors (Lipinski definition) is 1. The van der Waals surface area contributed by atoms with Crippen molar-refractivity contribution in [2.75, 3.05) is 13.2 Å². The summed E-state index contributed by atoms with van der Waals surface area (Å²) in [5.74, 6) is -1.84. The molecule has 1 aliphatic rings. The third-order valence-corrected chi connectivity index (χ3v) is 3.71. The van der Waals surface area contributed by atoms with E-state index in [9.17, 15) is 23.6 Å². The molecule has 0 radical (unpaired) electrons. The molecule has 0 aromatic heterocycles. The Hall–Kier alpha value is -2.77. The van der Waals surface area contributed by atoms with E-state index in [1.165, 1.54) is 24.3 Å². The van der Waals surface area contributed by atoms with Crippen molar-refractivity contribution in [1.29, 1.82) is 0 Å². The van der Waals surface area contributed by atoms with Crippen LogP contribution in [0.15, 0.2) is 24.3 Å². The first-order valence-corrected chi connectivity index (χ1v) is 7.79. The monoisotopic (exact) mass is 350 g/mol. The lowest BCUT2D eigenvalue weighted by atomic mass is 10.1. The van der Waals surface area contributed by atoms with Crippen molar-refractivity contribution in [3.8, 4) is 0 Å². The number of amides is 3. The number of hydrogen-bond acceptors (Lipinski definition) is 5. The first-order chi connectivity index (χ1) is 11.7. The Balaban J connectivity index is 1.72. The summed E-state index contributed by atoms with van der Waals surface area (Å²) in [6.07, 6.45) is 0.419. The number of carbonyl (C=O) groups is 4. The van der Waals surface area contributed by atoms with Gasteiger partial charge in [-0.1, -0.05) is 0 Å². The number of benzene rings is 1. The van der Waals surface area contributed by atoms with Crippen molar-refractivity contribution >= 4 is 23.7 Å². The summed E-state index contributed by atoms with van der Waals surface area (Å²) in [6, 6.07) is 4.55. The van der Waals surface area contributed by atoms with Crippen LogP contribution in [-0.4, -0.2) is 47.3 Å². The molecular weight excluding hydrogens is 331 g/mol. The van der Waals surface area contributed by atoms with Gasteiger partial charge in [0.1, 0.15) is 17.9 Å². The number of rotatable bonds is 7. The predicted molar refractivity (Wildman–Crippen MR) is 85.2 cm³/mol. The highest BCUT2D eigenvalue weighted by Gasteiger charge is 2.45. The van der Waals surface area contributed by atoms with E-state index < -0.39 is 35.8 Å². The van der Waals surface area contributed by atoms with Crippen molar-refractivity contribution < 1.29 is 28.3 Å². The summed E-state index contributed by atoms with van der Waals surface area (Å²) in [5, 5.41) is 2.46. The zero-order valence-electron chi connectivity index (χ0n) is 14.0. The molecule has 1 aliphatic heterocycles. The van der Waals surface area contributed by atoms with Crippen LogP contribution in [-0.2, 0) is 14.3 Å². The maximum absolute atomic E-state index is 12.8. The van der Waals surface area contributed by atoms with Crippen molar-refractivity contribution in [3.63, 3.8) is 0 Å². The number of ether oxygens (including phenoxy) is 1. The van der Waals surface area contributed by atoms with Gasteiger partial charge in [-0.25, -0.2) is 9.18 Å². The zero-order chi connectivity index (χ0) is 18.6. The molecule has 0 aliphatic carbocycles. The van der Waals surface area contributed by atoms with Crippen LogP contribution in [0.3, 0.4) is 0 Å². The molecule has 134 valence electrons. The summed E-state index contributed by atoms with van der Waals surface area (Å²) >= 11 is 0. The highest BCUT2D eigenvalue weighted by molar-refractivity contribution is 6.08. The second kappa shape index (κ2) is 7.42. The molecule has 0 bridgehead atoms. The Morgan fingerprint density at radius 1 is 1.20 bits per heavy atom. The molecule has 1 fully saturated rings. The molecule has 0 spiro atoms. The van der Waals surface area contributed by atoms with E-state index in [0.29, 0.717) is 5.56 Å². The number of carbonyl (C=O) groups excluding carboxylic acids is 4. The molecule has 3 amide bonds. The lowest BCUT2D eigenvalue weighted by Crippen LogP contribution is -2.41. The smallest absolute Gasteiger partial charge is 0.326 e. The molecule has 2 rings (SSSR count). The van der Waals surface area contributed by atoms with Gasteiger partial charge in [-0.2, -0.15) is 0 Å². The lowest BCUT2D eigenvalue weighted by Gasteiger charge is -2.15. The Morgan fingerprint density at radius 3 is 2.40 bits per heavy atom. The van der Waals surface area contributed by atoms with E-state index in [-0.39, 0.29) is 25.2 Å². The lowest BCUT2D eigenvalue weighted by molar-refractivity contribution is -0.147. The largest absolute Gasteiger partial charge is 0.464 e. The van der Waals surface area contributed by atoms with Gasteiger partial charge in [0.15, 0.2) is 5.78 Å². The van der Waals surface area contributed by atoms with Gasteiger partial charge in [0.05, 0.1) is 6.61 Å². The zero-order valence-corrected chi connectivity index (χ0v) is 14.0. The van der Waals surface area contributed by atoms with Crippen LogP contribution in [0.1, 0.15) is 37.0 Å². The quantitative estimate of drug-likeness (QED) is 0.349. The van der Waals surface area contributed by atoms with Gasteiger partial charge in [-0.3, -0.25) is 19.3 Å². The van der Waals surface area contributed by atoms with Crippen LogP contribution in [0.2, 0.25) is 0 Å². The van der Waals surface area contributed by atoms with Crippen LogP contribution < -0.4 is 5.32 Å². The third kappa shape index (κ3) is 4.62. The maximum atomic E-state index is 12.8. The summed E-state index contributed by atoms with van der Waals surface area (Å²) in [5.41, 5.74) is -0.659. The Bertz CT molecular complexity index is 699. The van der Waals surface area contributed by atoms with E-state index in [1.54, 1.807) is 13.8 Å². The number of nitrogens with zero attached hydrogens (tertiary/aromatic N) is 1. The van der Waals surface area contributed by atoms with Crippen LogP contribution in [0.4, 0.5) is 9.18 Å². The van der Waals surface area contributed by atoms with E-state index in [2.05, 4.69) is 5.32 Å². The number of halogens is 1. The minimum atomic E-state index is -1.04. The minimum absolute atomic E-state index is 0.0151. The predicted octanol–water partition coefficient (Wildman–Crippen LogP) is 1.66. The summed E-state index contributed by atoms with van der Waals surface area (Å²) in [7, 11) is 0. The molecule has 1 aromatic rings. The average Bonchev–Trinajstić information content (AvgIpc) is 2.74. The molecule has 0 unspecified atom stereocenters. The second-order valence-electron chi connectivity index (χ2n) is 6.20. The van der Waals surface area contributed by atoms with E-state index >= 15 is 0 Å². The molecule has 1 saturated heterocycles. The number of nitrogens with one attached hydrogen (secondary N) is 1. The van der Waals surface area contributed by atoms with Crippen molar-refractivity contribution in [2.24, 2.45) is 0 Å². The fourth-order valence-electron chi connectivity index (χ4n) is 2.34. The summed E-state index contributed by atoms with van der Waals surface area (Å²) in [6.45, 7) is 2.60. The minimum Gasteiger partial charge on any atom is -0.464 e. The molecule has 1 heterocycles. The normalized spacial score (nSPS) is 15.9. The van der Waals surface area contributed by atoms with E-state index in [0.717, 1.165) is 4.90 Å². The molecule has 7 nitrogen and oxygen atoms in total. The molecule has 1 aromatic carbocycles.